The van der Waals surface area contributed by atoms with Gasteiger partial charge in [0, 0.05) is 22.7 Å². The number of aromatic nitrogens is 1. The zero-order chi connectivity index (χ0) is 13.0. The number of hydrogen-bond donors (Lipinski definition) is 0. The van der Waals surface area contributed by atoms with E-state index in [0.29, 0.717) is 28.6 Å². The molecule has 0 fully saturated rings. The lowest BCUT2D eigenvalue weighted by molar-refractivity contribution is 0.321. The molecule has 1 aromatic heterocycles. The van der Waals surface area contributed by atoms with E-state index in [1.807, 2.05) is 6.92 Å². The molecule has 0 spiro atoms. The molecule has 3 nitrogen and oxygen atoms in total. The van der Waals surface area contributed by atoms with E-state index in [9.17, 15) is 4.39 Å². The molecule has 0 unspecified atom stereocenters. The maximum Gasteiger partial charge on any atom is 0.222 e. The summed E-state index contributed by atoms with van der Waals surface area (Å²) >= 11 is 3.20. The highest BCUT2D eigenvalue weighted by Crippen LogP contribution is 2.25. The van der Waals surface area contributed by atoms with Crippen LogP contribution >= 0.6 is 15.9 Å². The molecule has 0 atom stereocenters. The van der Waals surface area contributed by atoms with Crippen LogP contribution in [0.2, 0.25) is 0 Å². The van der Waals surface area contributed by atoms with Crippen molar-refractivity contribution in [3.63, 3.8) is 0 Å². The first kappa shape index (κ1) is 12.8. The van der Waals surface area contributed by atoms with Crippen molar-refractivity contribution in [3.8, 4) is 17.5 Å². The van der Waals surface area contributed by atoms with Crippen molar-refractivity contribution in [2.24, 2.45) is 0 Å². The Morgan fingerprint density at radius 3 is 2.72 bits per heavy atom. The first-order valence-corrected chi connectivity index (χ1v) is 6.20. The number of nitrogens with zero attached hydrogens (tertiary/aromatic N) is 1. The van der Waals surface area contributed by atoms with Gasteiger partial charge in [-0.1, -0.05) is 22.0 Å². The zero-order valence-electron chi connectivity index (χ0n) is 9.69. The molecule has 0 saturated heterocycles. The molecule has 2 rings (SSSR count). The second kappa shape index (κ2) is 5.82. The Labute approximate surface area is 113 Å². The molecular weight excluding hydrogens is 301 g/mol. The van der Waals surface area contributed by atoms with E-state index < -0.39 is 0 Å². The van der Waals surface area contributed by atoms with E-state index in [1.165, 1.54) is 12.1 Å². The highest BCUT2D eigenvalue weighted by Gasteiger charge is 2.04. The summed E-state index contributed by atoms with van der Waals surface area (Å²) in [4.78, 5) is 4.13. The summed E-state index contributed by atoms with van der Waals surface area (Å²) in [6.07, 6.45) is 0. The average Bonchev–Trinajstić information content (AvgIpc) is 2.28. The Hall–Kier alpha value is -1.62. The lowest BCUT2D eigenvalue weighted by Crippen LogP contribution is -1.95. The lowest BCUT2D eigenvalue weighted by Gasteiger charge is -2.07. The van der Waals surface area contributed by atoms with E-state index >= 15 is 0 Å². The third-order valence-corrected chi connectivity index (χ3v) is 2.51. The monoisotopic (exact) mass is 311 g/mol. The zero-order valence-corrected chi connectivity index (χ0v) is 11.3. The van der Waals surface area contributed by atoms with Gasteiger partial charge in [-0.3, -0.25) is 0 Å². The summed E-state index contributed by atoms with van der Waals surface area (Å²) in [7, 11) is 0. The molecule has 5 heteroatoms. The smallest absolute Gasteiger partial charge is 0.222 e. The first-order valence-electron chi connectivity index (χ1n) is 5.41. The van der Waals surface area contributed by atoms with Crippen molar-refractivity contribution in [2.75, 3.05) is 6.61 Å². The summed E-state index contributed by atoms with van der Waals surface area (Å²) in [6.45, 7) is 2.40. The van der Waals surface area contributed by atoms with Gasteiger partial charge in [0.2, 0.25) is 11.8 Å². The van der Waals surface area contributed by atoms with Crippen molar-refractivity contribution in [1.82, 2.24) is 4.98 Å². The standard InChI is InChI=1S/C13H11BrFNO2/c1-2-17-12-4-3-5-13(16-12)18-11-7-9(14)6-10(15)8-11/h3-8H,2H2,1H3. The SMILES string of the molecule is CCOc1cccc(Oc2cc(F)cc(Br)c2)n1. The minimum atomic E-state index is -0.375. The topological polar surface area (TPSA) is 31.4 Å². The van der Waals surface area contributed by atoms with Gasteiger partial charge in [-0.05, 0) is 19.1 Å². The third kappa shape index (κ3) is 3.43. The molecule has 94 valence electrons. The molecule has 0 aliphatic carbocycles. The molecule has 0 amide bonds. The van der Waals surface area contributed by atoms with E-state index in [2.05, 4.69) is 20.9 Å². The van der Waals surface area contributed by atoms with Crippen LogP contribution in [-0.2, 0) is 0 Å². The summed E-state index contributed by atoms with van der Waals surface area (Å²) in [5.74, 6) is 0.840. The highest BCUT2D eigenvalue weighted by molar-refractivity contribution is 9.10. The lowest BCUT2D eigenvalue weighted by atomic mass is 10.3. The number of ether oxygens (including phenoxy) is 2. The number of benzene rings is 1. The molecular formula is C13H11BrFNO2. The molecule has 1 heterocycles. The quantitative estimate of drug-likeness (QED) is 0.849. The highest BCUT2D eigenvalue weighted by atomic mass is 79.9. The van der Waals surface area contributed by atoms with Gasteiger partial charge in [0.15, 0.2) is 0 Å². The average molecular weight is 312 g/mol. The second-order valence-electron chi connectivity index (χ2n) is 3.45. The number of rotatable bonds is 4. The third-order valence-electron chi connectivity index (χ3n) is 2.05. The van der Waals surface area contributed by atoms with Crippen LogP contribution in [0.3, 0.4) is 0 Å². The van der Waals surface area contributed by atoms with Crippen molar-refractivity contribution in [1.29, 1.82) is 0 Å². The van der Waals surface area contributed by atoms with Crippen LogP contribution in [0.25, 0.3) is 0 Å². The minimum absolute atomic E-state index is 0.360. The number of hydrogen-bond acceptors (Lipinski definition) is 3. The van der Waals surface area contributed by atoms with Gasteiger partial charge >= 0.3 is 0 Å². The Morgan fingerprint density at radius 2 is 2.00 bits per heavy atom. The second-order valence-corrected chi connectivity index (χ2v) is 4.37. The molecule has 0 N–H and O–H groups in total. The molecule has 18 heavy (non-hydrogen) atoms. The Kier molecular flexibility index (Phi) is 4.15. The van der Waals surface area contributed by atoms with Crippen LogP contribution in [0.15, 0.2) is 40.9 Å². The van der Waals surface area contributed by atoms with E-state index in [0.717, 1.165) is 0 Å². The fraction of sp³-hybridized carbons (Fsp3) is 0.154. The van der Waals surface area contributed by atoms with Gasteiger partial charge < -0.3 is 9.47 Å². The molecule has 1 aromatic carbocycles. The van der Waals surface area contributed by atoms with Crippen molar-refractivity contribution < 1.29 is 13.9 Å². The van der Waals surface area contributed by atoms with Gasteiger partial charge in [0.1, 0.15) is 11.6 Å². The normalized spacial score (nSPS) is 10.2. The van der Waals surface area contributed by atoms with Crippen molar-refractivity contribution in [3.05, 3.63) is 46.7 Å². The van der Waals surface area contributed by atoms with Gasteiger partial charge in [0.25, 0.3) is 0 Å². The molecule has 0 saturated carbocycles. The van der Waals surface area contributed by atoms with Crippen LogP contribution in [0, 0.1) is 5.82 Å². The molecule has 2 aromatic rings. The summed E-state index contributed by atoms with van der Waals surface area (Å²) in [5, 5.41) is 0. The van der Waals surface area contributed by atoms with Crippen molar-refractivity contribution in [2.45, 2.75) is 6.92 Å². The van der Waals surface area contributed by atoms with Crippen molar-refractivity contribution >= 4 is 15.9 Å². The predicted octanol–water partition coefficient (Wildman–Crippen LogP) is 4.17. The Bertz CT molecular complexity index is 528. The Morgan fingerprint density at radius 1 is 1.22 bits per heavy atom. The Balaban J connectivity index is 2.20. The first-order chi connectivity index (χ1) is 8.67. The summed E-state index contributed by atoms with van der Waals surface area (Å²) < 4.78 is 24.5. The molecule has 0 bridgehead atoms. The fourth-order valence-electron chi connectivity index (χ4n) is 1.39. The van der Waals surface area contributed by atoms with Crippen LogP contribution < -0.4 is 9.47 Å². The maximum absolute atomic E-state index is 13.2. The number of pyridine rings is 1. The van der Waals surface area contributed by atoms with Gasteiger partial charge in [-0.15, -0.1) is 0 Å². The van der Waals surface area contributed by atoms with E-state index in [-0.39, 0.29) is 5.82 Å². The van der Waals surface area contributed by atoms with E-state index in [4.69, 9.17) is 9.47 Å². The van der Waals surface area contributed by atoms with Crippen LogP contribution in [0.4, 0.5) is 4.39 Å². The maximum atomic E-state index is 13.2. The molecule has 0 aliphatic rings. The minimum Gasteiger partial charge on any atom is -0.478 e. The van der Waals surface area contributed by atoms with Crippen LogP contribution in [0.5, 0.6) is 17.5 Å². The van der Waals surface area contributed by atoms with E-state index in [1.54, 1.807) is 24.3 Å². The predicted molar refractivity (Wildman–Crippen MR) is 69.6 cm³/mol. The van der Waals surface area contributed by atoms with Crippen LogP contribution in [0.1, 0.15) is 6.92 Å². The molecule has 0 radical (unpaired) electrons. The van der Waals surface area contributed by atoms with Gasteiger partial charge in [-0.25, -0.2) is 4.39 Å². The molecule has 0 aliphatic heterocycles. The van der Waals surface area contributed by atoms with Gasteiger partial charge in [-0.2, -0.15) is 4.98 Å². The number of halogens is 2. The van der Waals surface area contributed by atoms with Gasteiger partial charge in [0.05, 0.1) is 6.61 Å². The largest absolute Gasteiger partial charge is 0.478 e. The van der Waals surface area contributed by atoms with Crippen LogP contribution in [-0.4, -0.2) is 11.6 Å². The summed E-state index contributed by atoms with van der Waals surface area (Å²) in [6, 6.07) is 9.50. The summed E-state index contributed by atoms with van der Waals surface area (Å²) in [5.41, 5.74) is 0. The fourth-order valence-corrected chi connectivity index (χ4v) is 1.83.